The van der Waals surface area contributed by atoms with Crippen LogP contribution in [0.2, 0.25) is 5.02 Å². The number of carbonyl (C=O) groups excluding carboxylic acids is 1. The highest BCUT2D eigenvalue weighted by atomic mass is 35.5. The van der Waals surface area contributed by atoms with Crippen molar-refractivity contribution < 1.29 is 14.3 Å². The van der Waals surface area contributed by atoms with Crippen LogP contribution in [0, 0.1) is 0 Å². The van der Waals surface area contributed by atoms with Crippen LogP contribution in [0.25, 0.3) is 0 Å². The van der Waals surface area contributed by atoms with Crippen LogP contribution in [-0.4, -0.2) is 19.6 Å². The van der Waals surface area contributed by atoms with Gasteiger partial charge >= 0.3 is 0 Å². The van der Waals surface area contributed by atoms with Crippen LogP contribution in [0.15, 0.2) is 48.5 Å². The fourth-order valence-corrected chi connectivity index (χ4v) is 2.36. The monoisotopic (exact) mass is 333 g/mol. The van der Waals surface area contributed by atoms with E-state index in [1.54, 1.807) is 13.2 Å². The van der Waals surface area contributed by atoms with Crippen LogP contribution < -0.4 is 14.8 Å². The first-order chi connectivity index (χ1) is 11.1. The van der Waals surface area contributed by atoms with Crippen LogP contribution in [0.3, 0.4) is 0 Å². The number of halogens is 1. The summed E-state index contributed by atoms with van der Waals surface area (Å²) in [7, 11) is 1.58. The molecule has 1 atom stereocenters. The third kappa shape index (κ3) is 5.18. The number of para-hydroxylation sites is 2. The van der Waals surface area contributed by atoms with Crippen molar-refractivity contribution in [3.63, 3.8) is 0 Å². The van der Waals surface area contributed by atoms with E-state index in [2.05, 4.69) is 5.32 Å². The molecule has 2 aromatic carbocycles. The Morgan fingerprint density at radius 1 is 1.17 bits per heavy atom. The van der Waals surface area contributed by atoms with Gasteiger partial charge in [0.25, 0.3) is 0 Å². The zero-order valence-corrected chi connectivity index (χ0v) is 14.0. The van der Waals surface area contributed by atoms with Crippen LogP contribution in [-0.2, 0) is 4.79 Å². The van der Waals surface area contributed by atoms with Crippen LogP contribution in [0.1, 0.15) is 24.9 Å². The summed E-state index contributed by atoms with van der Waals surface area (Å²) in [6.07, 6.45) is 0.267. The molecule has 1 N–H and O–H groups in total. The first-order valence-electron chi connectivity index (χ1n) is 7.41. The Bertz CT molecular complexity index is 660. The zero-order valence-electron chi connectivity index (χ0n) is 13.2. The van der Waals surface area contributed by atoms with Crippen molar-refractivity contribution in [2.75, 3.05) is 13.7 Å². The van der Waals surface area contributed by atoms with E-state index in [9.17, 15) is 4.79 Å². The summed E-state index contributed by atoms with van der Waals surface area (Å²) in [6, 6.07) is 14.7. The first-order valence-corrected chi connectivity index (χ1v) is 7.78. The van der Waals surface area contributed by atoms with Crippen LogP contribution in [0.4, 0.5) is 0 Å². The summed E-state index contributed by atoms with van der Waals surface area (Å²) < 4.78 is 10.8. The molecular weight excluding hydrogens is 314 g/mol. The second-order valence-electron chi connectivity index (χ2n) is 5.09. The van der Waals surface area contributed by atoms with Crippen molar-refractivity contribution in [2.24, 2.45) is 0 Å². The van der Waals surface area contributed by atoms with E-state index in [1.165, 1.54) is 0 Å². The molecule has 0 radical (unpaired) electrons. The molecule has 0 saturated carbocycles. The molecule has 0 spiro atoms. The summed E-state index contributed by atoms with van der Waals surface area (Å²) in [5.41, 5.74) is 0.969. The van der Waals surface area contributed by atoms with Gasteiger partial charge in [0.2, 0.25) is 5.91 Å². The van der Waals surface area contributed by atoms with E-state index in [1.807, 2.05) is 49.4 Å². The van der Waals surface area contributed by atoms with Gasteiger partial charge in [0.1, 0.15) is 0 Å². The van der Waals surface area contributed by atoms with Gasteiger partial charge in [0, 0.05) is 5.02 Å². The van der Waals surface area contributed by atoms with Gasteiger partial charge in [-0.15, -0.1) is 0 Å². The lowest BCUT2D eigenvalue weighted by atomic mass is 10.1. The maximum Gasteiger partial charge on any atom is 0.223 e. The second-order valence-corrected chi connectivity index (χ2v) is 5.53. The quantitative estimate of drug-likeness (QED) is 0.833. The molecule has 0 bridgehead atoms. The lowest BCUT2D eigenvalue weighted by Crippen LogP contribution is -2.27. The average Bonchev–Trinajstić information content (AvgIpc) is 2.55. The fraction of sp³-hybridized carbons (Fsp3) is 0.278. The maximum atomic E-state index is 12.0. The summed E-state index contributed by atoms with van der Waals surface area (Å²) in [5.74, 6) is 1.21. The molecule has 0 saturated heterocycles. The maximum absolute atomic E-state index is 12.0. The highest BCUT2D eigenvalue weighted by molar-refractivity contribution is 6.30. The molecule has 0 aliphatic carbocycles. The van der Waals surface area contributed by atoms with Gasteiger partial charge in [-0.2, -0.15) is 0 Å². The Kier molecular flexibility index (Phi) is 6.29. The predicted molar refractivity (Wildman–Crippen MR) is 91.1 cm³/mol. The molecule has 122 valence electrons. The Balaban J connectivity index is 1.81. The minimum absolute atomic E-state index is 0.0765. The summed E-state index contributed by atoms with van der Waals surface area (Å²) in [4.78, 5) is 12.0. The van der Waals surface area contributed by atoms with Gasteiger partial charge in [-0.1, -0.05) is 35.9 Å². The van der Waals surface area contributed by atoms with E-state index in [0.29, 0.717) is 16.5 Å². The lowest BCUT2D eigenvalue weighted by molar-refractivity contribution is -0.122. The summed E-state index contributed by atoms with van der Waals surface area (Å²) >= 11 is 5.96. The third-order valence-corrected chi connectivity index (χ3v) is 3.62. The summed E-state index contributed by atoms with van der Waals surface area (Å²) in [6.45, 7) is 2.21. The molecule has 2 aromatic rings. The van der Waals surface area contributed by atoms with Crippen molar-refractivity contribution in [2.45, 2.75) is 19.4 Å². The SMILES string of the molecule is COc1ccccc1OCCC(=O)NC(C)c1cccc(Cl)c1. The highest BCUT2D eigenvalue weighted by Crippen LogP contribution is 2.25. The van der Waals surface area contributed by atoms with Gasteiger partial charge < -0.3 is 14.8 Å². The van der Waals surface area contributed by atoms with E-state index in [0.717, 1.165) is 5.56 Å². The van der Waals surface area contributed by atoms with E-state index in [-0.39, 0.29) is 25.0 Å². The molecule has 4 nitrogen and oxygen atoms in total. The molecular formula is C18H20ClNO3. The molecule has 1 amide bonds. The van der Waals surface area contributed by atoms with Gasteiger partial charge in [-0.05, 0) is 36.8 Å². The predicted octanol–water partition coefficient (Wildman–Crippen LogP) is 3.99. The molecule has 1 unspecified atom stereocenters. The van der Waals surface area contributed by atoms with Gasteiger partial charge in [-0.25, -0.2) is 0 Å². The van der Waals surface area contributed by atoms with Gasteiger partial charge in [0.15, 0.2) is 11.5 Å². The number of hydrogen-bond acceptors (Lipinski definition) is 3. The topological polar surface area (TPSA) is 47.6 Å². The summed E-state index contributed by atoms with van der Waals surface area (Å²) in [5, 5.41) is 3.59. The normalized spacial score (nSPS) is 11.6. The Labute approximate surface area is 141 Å². The molecule has 23 heavy (non-hydrogen) atoms. The second kappa shape index (κ2) is 8.44. The van der Waals surface area contributed by atoms with E-state index in [4.69, 9.17) is 21.1 Å². The van der Waals surface area contributed by atoms with Gasteiger partial charge in [0.05, 0.1) is 26.2 Å². The highest BCUT2D eigenvalue weighted by Gasteiger charge is 2.10. The van der Waals surface area contributed by atoms with Crippen molar-refractivity contribution >= 4 is 17.5 Å². The average molecular weight is 334 g/mol. The van der Waals surface area contributed by atoms with E-state index >= 15 is 0 Å². The molecule has 0 aliphatic heterocycles. The number of methoxy groups -OCH3 is 1. The minimum Gasteiger partial charge on any atom is -0.493 e. The minimum atomic E-state index is -0.104. The number of ether oxygens (including phenoxy) is 2. The number of carbonyl (C=O) groups is 1. The van der Waals surface area contributed by atoms with Gasteiger partial charge in [-0.3, -0.25) is 4.79 Å². The smallest absolute Gasteiger partial charge is 0.223 e. The third-order valence-electron chi connectivity index (χ3n) is 3.38. The number of hydrogen-bond donors (Lipinski definition) is 1. The number of rotatable bonds is 7. The molecule has 0 heterocycles. The largest absolute Gasteiger partial charge is 0.493 e. The molecule has 2 rings (SSSR count). The number of benzene rings is 2. The van der Waals surface area contributed by atoms with Crippen molar-refractivity contribution in [3.8, 4) is 11.5 Å². The van der Waals surface area contributed by atoms with E-state index < -0.39 is 0 Å². The Hall–Kier alpha value is -2.20. The molecule has 5 heteroatoms. The fourth-order valence-electron chi connectivity index (χ4n) is 2.16. The van der Waals surface area contributed by atoms with Crippen LogP contribution >= 0.6 is 11.6 Å². The number of amides is 1. The number of nitrogens with one attached hydrogen (secondary N) is 1. The Morgan fingerprint density at radius 3 is 2.61 bits per heavy atom. The van der Waals surface area contributed by atoms with Crippen molar-refractivity contribution in [1.82, 2.24) is 5.32 Å². The lowest BCUT2D eigenvalue weighted by Gasteiger charge is -2.15. The molecule has 0 fully saturated rings. The van der Waals surface area contributed by atoms with Crippen molar-refractivity contribution in [1.29, 1.82) is 0 Å². The van der Waals surface area contributed by atoms with Crippen LogP contribution in [0.5, 0.6) is 11.5 Å². The first kappa shape index (κ1) is 17.2. The zero-order chi connectivity index (χ0) is 16.7. The molecule has 0 aliphatic rings. The Morgan fingerprint density at radius 2 is 1.91 bits per heavy atom. The molecule has 0 aromatic heterocycles. The van der Waals surface area contributed by atoms with Crippen molar-refractivity contribution in [3.05, 3.63) is 59.1 Å². The standard InChI is InChI=1S/C18H20ClNO3/c1-13(14-6-5-7-15(19)12-14)20-18(21)10-11-23-17-9-4-3-8-16(17)22-2/h3-9,12-13H,10-11H2,1-2H3,(H,20,21).